The molecule has 3 amide bonds. The number of imide groups is 1. The van der Waals surface area contributed by atoms with Crippen molar-refractivity contribution in [2.75, 3.05) is 19.6 Å². The molecule has 19 heavy (non-hydrogen) atoms. The van der Waals surface area contributed by atoms with E-state index in [9.17, 15) is 14.4 Å². The Labute approximate surface area is 113 Å². The minimum atomic E-state index is -0.460. The highest BCUT2D eigenvalue weighted by Crippen LogP contribution is 2.13. The Morgan fingerprint density at radius 3 is 2.63 bits per heavy atom. The molecule has 0 spiro atoms. The van der Waals surface area contributed by atoms with E-state index in [2.05, 4.69) is 10.6 Å². The number of carbonyl (C=O) groups excluding carboxylic acids is 3. The molecule has 1 saturated heterocycles. The van der Waals surface area contributed by atoms with Crippen LogP contribution in [0.3, 0.4) is 0 Å². The van der Waals surface area contributed by atoms with Gasteiger partial charge in [-0.1, -0.05) is 13.8 Å². The van der Waals surface area contributed by atoms with Crippen LogP contribution in [0.15, 0.2) is 0 Å². The first-order valence-electron chi connectivity index (χ1n) is 6.94. The number of rotatable bonds is 8. The number of amides is 3. The van der Waals surface area contributed by atoms with Crippen molar-refractivity contribution in [3.05, 3.63) is 0 Å². The standard InChI is InChI=1S/C13H23N3O3/c1-3-6-15-11(17)5-7-14-10-9-12(18)16(8-4-2)13(10)19/h10,14H,3-9H2,1-2H3,(H,15,17). The van der Waals surface area contributed by atoms with Crippen LogP contribution in [0.4, 0.5) is 0 Å². The van der Waals surface area contributed by atoms with E-state index in [4.69, 9.17) is 0 Å². The average Bonchev–Trinajstić information content (AvgIpc) is 2.64. The van der Waals surface area contributed by atoms with E-state index in [0.717, 1.165) is 12.8 Å². The topological polar surface area (TPSA) is 78.5 Å². The van der Waals surface area contributed by atoms with Crippen molar-refractivity contribution in [3.63, 3.8) is 0 Å². The van der Waals surface area contributed by atoms with Gasteiger partial charge in [-0.15, -0.1) is 0 Å². The van der Waals surface area contributed by atoms with Crippen molar-refractivity contribution in [2.45, 2.75) is 45.6 Å². The molecule has 2 N–H and O–H groups in total. The molecule has 0 aromatic carbocycles. The molecule has 1 aliphatic heterocycles. The maximum absolute atomic E-state index is 11.9. The van der Waals surface area contributed by atoms with Crippen molar-refractivity contribution >= 4 is 17.7 Å². The molecule has 108 valence electrons. The van der Waals surface area contributed by atoms with Crippen LogP contribution in [-0.4, -0.2) is 48.3 Å². The van der Waals surface area contributed by atoms with E-state index in [-0.39, 0.29) is 24.1 Å². The van der Waals surface area contributed by atoms with E-state index in [1.807, 2.05) is 13.8 Å². The van der Waals surface area contributed by atoms with Gasteiger partial charge in [-0.2, -0.15) is 0 Å². The summed E-state index contributed by atoms with van der Waals surface area (Å²) >= 11 is 0. The fraction of sp³-hybridized carbons (Fsp3) is 0.769. The fourth-order valence-electron chi connectivity index (χ4n) is 2.01. The molecule has 1 atom stereocenters. The van der Waals surface area contributed by atoms with Gasteiger partial charge in [0.1, 0.15) is 0 Å². The lowest BCUT2D eigenvalue weighted by molar-refractivity contribution is -0.139. The minimum absolute atomic E-state index is 0.0310. The van der Waals surface area contributed by atoms with Gasteiger partial charge in [0.2, 0.25) is 17.7 Å². The van der Waals surface area contributed by atoms with Gasteiger partial charge < -0.3 is 10.6 Å². The third kappa shape index (κ3) is 4.63. The molecule has 0 aromatic heterocycles. The lowest BCUT2D eigenvalue weighted by Gasteiger charge is -2.14. The summed E-state index contributed by atoms with van der Waals surface area (Å²) in [6.07, 6.45) is 2.20. The summed E-state index contributed by atoms with van der Waals surface area (Å²) in [5.41, 5.74) is 0. The van der Waals surface area contributed by atoms with Crippen molar-refractivity contribution in [2.24, 2.45) is 0 Å². The fourth-order valence-corrected chi connectivity index (χ4v) is 2.01. The van der Waals surface area contributed by atoms with Crippen molar-refractivity contribution in [1.82, 2.24) is 15.5 Å². The maximum atomic E-state index is 11.9. The van der Waals surface area contributed by atoms with Gasteiger partial charge in [-0.05, 0) is 12.8 Å². The zero-order chi connectivity index (χ0) is 14.3. The number of nitrogens with one attached hydrogen (secondary N) is 2. The second kappa shape index (κ2) is 7.89. The molecule has 0 aromatic rings. The van der Waals surface area contributed by atoms with Crippen LogP contribution in [0.5, 0.6) is 0 Å². The van der Waals surface area contributed by atoms with Crippen LogP contribution in [0.2, 0.25) is 0 Å². The zero-order valence-electron chi connectivity index (χ0n) is 11.7. The molecule has 1 fully saturated rings. The molecule has 0 radical (unpaired) electrons. The Bertz CT molecular complexity index is 344. The van der Waals surface area contributed by atoms with E-state index >= 15 is 0 Å². The molecule has 0 saturated carbocycles. The van der Waals surface area contributed by atoms with Crippen molar-refractivity contribution in [1.29, 1.82) is 0 Å². The maximum Gasteiger partial charge on any atom is 0.246 e. The molecule has 6 nitrogen and oxygen atoms in total. The van der Waals surface area contributed by atoms with Gasteiger partial charge in [-0.3, -0.25) is 19.3 Å². The van der Waals surface area contributed by atoms with Crippen LogP contribution in [0, 0.1) is 0 Å². The SMILES string of the molecule is CCCNC(=O)CCNC1CC(=O)N(CCC)C1=O. The summed E-state index contributed by atoms with van der Waals surface area (Å²) in [5, 5.41) is 5.75. The number of hydrogen-bond donors (Lipinski definition) is 2. The lowest BCUT2D eigenvalue weighted by Crippen LogP contribution is -2.40. The molecular weight excluding hydrogens is 246 g/mol. The van der Waals surface area contributed by atoms with E-state index in [0.29, 0.717) is 26.1 Å². The Balaban J connectivity index is 2.29. The van der Waals surface area contributed by atoms with E-state index in [1.54, 1.807) is 0 Å². The first-order chi connectivity index (χ1) is 9.10. The summed E-state index contributed by atoms with van der Waals surface area (Å²) in [7, 11) is 0. The minimum Gasteiger partial charge on any atom is -0.356 e. The Morgan fingerprint density at radius 2 is 2.00 bits per heavy atom. The molecule has 1 aliphatic rings. The predicted molar refractivity (Wildman–Crippen MR) is 71.3 cm³/mol. The molecule has 0 aliphatic carbocycles. The normalized spacial score (nSPS) is 19.1. The monoisotopic (exact) mass is 269 g/mol. The highest BCUT2D eigenvalue weighted by Gasteiger charge is 2.37. The van der Waals surface area contributed by atoms with Crippen LogP contribution >= 0.6 is 0 Å². The first-order valence-corrected chi connectivity index (χ1v) is 6.94. The Hall–Kier alpha value is -1.43. The van der Waals surface area contributed by atoms with Gasteiger partial charge in [0.15, 0.2) is 0 Å². The second-order valence-corrected chi connectivity index (χ2v) is 4.69. The summed E-state index contributed by atoms with van der Waals surface area (Å²) in [6, 6.07) is -0.460. The molecule has 1 heterocycles. The van der Waals surface area contributed by atoms with Crippen LogP contribution in [0.1, 0.15) is 39.5 Å². The van der Waals surface area contributed by atoms with Crippen LogP contribution < -0.4 is 10.6 Å². The number of nitrogens with zero attached hydrogens (tertiary/aromatic N) is 1. The smallest absolute Gasteiger partial charge is 0.246 e. The molecule has 1 unspecified atom stereocenters. The summed E-state index contributed by atoms with van der Waals surface area (Å²) in [5.74, 6) is -0.322. The highest BCUT2D eigenvalue weighted by atomic mass is 16.2. The zero-order valence-corrected chi connectivity index (χ0v) is 11.7. The van der Waals surface area contributed by atoms with Gasteiger partial charge >= 0.3 is 0 Å². The highest BCUT2D eigenvalue weighted by molar-refractivity contribution is 6.05. The summed E-state index contributed by atoms with van der Waals surface area (Å²) < 4.78 is 0. The third-order valence-corrected chi connectivity index (χ3v) is 3.01. The Kier molecular flexibility index (Phi) is 6.49. The van der Waals surface area contributed by atoms with E-state index in [1.165, 1.54) is 4.90 Å². The quantitative estimate of drug-likeness (QED) is 0.609. The van der Waals surface area contributed by atoms with Gasteiger partial charge in [-0.25, -0.2) is 0 Å². The largest absolute Gasteiger partial charge is 0.356 e. The lowest BCUT2D eigenvalue weighted by atomic mass is 10.2. The molecule has 6 heteroatoms. The molecular formula is C13H23N3O3. The van der Waals surface area contributed by atoms with Gasteiger partial charge in [0.25, 0.3) is 0 Å². The van der Waals surface area contributed by atoms with Gasteiger partial charge in [0.05, 0.1) is 12.5 Å². The predicted octanol–water partition coefficient (Wildman–Crippen LogP) is 0.0298. The number of likely N-dealkylation sites (tertiary alicyclic amines) is 1. The third-order valence-electron chi connectivity index (χ3n) is 3.01. The number of hydrogen-bond acceptors (Lipinski definition) is 4. The van der Waals surface area contributed by atoms with Crippen LogP contribution in [0.25, 0.3) is 0 Å². The second-order valence-electron chi connectivity index (χ2n) is 4.69. The Morgan fingerprint density at radius 1 is 1.26 bits per heavy atom. The number of carbonyl (C=O) groups is 3. The summed E-state index contributed by atoms with van der Waals surface area (Å²) in [6.45, 7) is 5.49. The molecule has 1 rings (SSSR count). The van der Waals surface area contributed by atoms with Crippen LogP contribution in [-0.2, 0) is 14.4 Å². The summed E-state index contributed by atoms with van der Waals surface area (Å²) in [4.78, 5) is 36.2. The average molecular weight is 269 g/mol. The van der Waals surface area contributed by atoms with Crippen molar-refractivity contribution in [3.8, 4) is 0 Å². The van der Waals surface area contributed by atoms with Crippen molar-refractivity contribution < 1.29 is 14.4 Å². The van der Waals surface area contributed by atoms with E-state index < -0.39 is 6.04 Å². The first kappa shape index (κ1) is 15.6. The van der Waals surface area contributed by atoms with Gasteiger partial charge in [0, 0.05) is 26.1 Å². The molecule has 0 bridgehead atoms.